The van der Waals surface area contributed by atoms with E-state index in [9.17, 15) is 4.79 Å². The van der Waals surface area contributed by atoms with Crippen molar-refractivity contribution in [2.24, 2.45) is 0 Å². The molecular weight excluding hydrogens is 254 g/mol. The van der Waals surface area contributed by atoms with Crippen molar-refractivity contribution in [3.8, 4) is 10.8 Å². The molecule has 0 N–H and O–H groups in total. The molecule has 13 heavy (non-hydrogen) atoms. The average Bonchev–Trinajstić information content (AvgIpc) is 2.71. The summed E-state index contributed by atoms with van der Waals surface area (Å²) in [6, 6.07) is 3.59. The van der Waals surface area contributed by atoms with E-state index in [1.54, 1.807) is 12.1 Å². The fraction of sp³-hybridized carbons (Fsp3) is 0. The first-order valence-corrected chi connectivity index (χ1v) is 5.07. The highest BCUT2D eigenvalue weighted by atomic mass is 79.9. The van der Waals surface area contributed by atoms with Crippen molar-refractivity contribution in [3.63, 3.8) is 0 Å². The summed E-state index contributed by atoms with van der Waals surface area (Å²) in [4.78, 5) is 15.0. The summed E-state index contributed by atoms with van der Waals surface area (Å²) in [6.07, 6.45) is 2.31. The first kappa shape index (κ1) is 8.65. The van der Waals surface area contributed by atoms with Gasteiger partial charge in [0, 0.05) is 6.20 Å². The quantitative estimate of drug-likeness (QED) is 0.777. The molecule has 2 heterocycles. The molecule has 0 unspecified atom stereocenters. The molecule has 3 nitrogen and oxygen atoms in total. The third-order valence-electron chi connectivity index (χ3n) is 1.42. The number of aldehydes is 1. The Morgan fingerprint density at radius 1 is 1.54 bits per heavy atom. The summed E-state index contributed by atoms with van der Waals surface area (Å²) in [5.74, 6) is 0.671. The number of halogens is 1. The van der Waals surface area contributed by atoms with Gasteiger partial charge in [-0.25, -0.2) is 4.98 Å². The summed E-state index contributed by atoms with van der Waals surface area (Å²) < 4.78 is 5.93. The molecule has 0 radical (unpaired) electrons. The molecule has 66 valence electrons. The highest BCUT2D eigenvalue weighted by molar-refractivity contribution is 9.10. The van der Waals surface area contributed by atoms with Crippen molar-refractivity contribution in [2.75, 3.05) is 0 Å². The highest BCUT2D eigenvalue weighted by Gasteiger charge is 2.07. The van der Waals surface area contributed by atoms with Crippen LogP contribution in [-0.4, -0.2) is 11.3 Å². The van der Waals surface area contributed by atoms with Gasteiger partial charge in [-0.1, -0.05) is 0 Å². The number of hydrogen-bond donors (Lipinski definition) is 0. The van der Waals surface area contributed by atoms with E-state index in [4.69, 9.17) is 4.42 Å². The Labute approximate surface area is 86.5 Å². The van der Waals surface area contributed by atoms with Gasteiger partial charge >= 0.3 is 0 Å². The monoisotopic (exact) mass is 257 g/mol. The van der Waals surface area contributed by atoms with Crippen molar-refractivity contribution in [3.05, 3.63) is 27.9 Å². The van der Waals surface area contributed by atoms with Crippen molar-refractivity contribution in [1.82, 2.24) is 4.98 Å². The number of rotatable bonds is 2. The molecule has 0 atom stereocenters. The van der Waals surface area contributed by atoms with E-state index in [1.807, 2.05) is 0 Å². The van der Waals surface area contributed by atoms with Gasteiger partial charge in [-0.3, -0.25) is 4.79 Å². The second-order valence-electron chi connectivity index (χ2n) is 2.29. The average molecular weight is 258 g/mol. The minimum absolute atomic E-state index is 0.600. The van der Waals surface area contributed by atoms with Crippen LogP contribution in [0.15, 0.2) is 27.4 Å². The third-order valence-corrected chi connectivity index (χ3v) is 2.79. The van der Waals surface area contributed by atoms with E-state index in [0.717, 1.165) is 6.29 Å². The van der Waals surface area contributed by atoms with E-state index in [1.165, 1.54) is 17.5 Å². The second-order valence-corrected chi connectivity index (χ2v) is 4.13. The topological polar surface area (TPSA) is 43.1 Å². The van der Waals surface area contributed by atoms with Crippen LogP contribution in [0.25, 0.3) is 10.8 Å². The predicted octanol–water partition coefficient (Wildman–Crippen LogP) is 2.98. The fourth-order valence-corrected chi connectivity index (χ4v) is 1.88. The normalized spacial score (nSPS) is 10.2. The summed E-state index contributed by atoms with van der Waals surface area (Å²) in [7, 11) is 0. The minimum Gasteiger partial charge on any atom is -0.447 e. The lowest BCUT2D eigenvalue weighted by atomic mass is 10.5. The van der Waals surface area contributed by atoms with Crippen LogP contribution in [0.2, 0.25) is 0 Å². The standard InChI is InChI=1S/C8H4BrNO2S/c9-7-2-1-6(12-7)8-10-3-5(4-11)13-8/h1-4H. The van der Waals surface area contributed by atoms with Gasteiger partial charge in [0.1, 0.15) is 0 Å². The van der Waals surface area contributed by atoms with Crippen LogP contribution in [-0.2, 0) is 0 Å². The number of thiazole rings is 1. The van der Waals surface area contributed by atoms with Crippen molar-refractivity contribution < 1.29 is 9.21 Å². The number of nitrogens with zero attached hydrogens (tertiary/aromatic N) is 1. The van der Waals surface area contributed by atoms with Crippen LogP contribution in [0.3, 0.4) is 0 Å². The maximum Gasteiger partial charge on any atom is 0.170 e. The van der Waals surface area contributed by atoms with E-state index in [0.29, 0.717) is 20.3 Å². The van der Waals surface area contributed by atoms with Crippen LogP contribution in [0.5, 0.6) is 0 Å². The molecule has 0 aliphatic rings. The van der Waals surface area contributed by atoms with Crippen molar-refractivity contribution >= 4 is 33.6 Å². The fourth-order valence-electron chi connectivity index (χ4n) is 0.884. The molecule has 0 aromatic carbocycles. The summed E-state index contributed by atoms with van der Waals surface area (Å²) >= 11 is 4.50. The Hall–Kier alpha value is -0.940. The lowest BCUT2D eigenvalue weighted by Crippen LogP contribution is -1.66. The molecule has 5 heteroatoms. The maximum absolute atomic E-state index is 10.4. The van der Waals surface area contributed by atoms with E-state index in [2.05, 4.69) is 20.9 Å². The molecule has 0 aliphatic heterocycles. The summed E-state index contributed by atoms with van der Waals surface area (Å²) in [5, 5.41) is 0.716. The Bertz CT molecular complexity index is 435. The van der Waals surface area contributed by atoms with Gasteiger partial charge in [-0.05, 0) is 28.1 Å². The summed E-state index contributed by atoms with van der Waals surface area (Å²) in [6.45, 7) is 0. The number of hydrogen-bond acceptors (Lipinski definition) is 4. The van der Waals surface area contributed by atoms with Gasteiger partial charge in [0.05, 0.1) is 4.88 Å². The highest BCUT2D eigenvalue weighted by Crippen LogP contribution is 2.27. The molecule has 0 spiro atoms. The maximum atomic E-state index is 10.4. The zero-order valence-corrected chi connectivity index (χ0v) is 8.76. The van der Waals surface area contributed by atoms with Gasteiger partial charge in [0.25, 0.3) is 0 Å². The van der Waals surface area contributed by atoms with Crippen LogP contribution in [0.4, 0.5) is 0 Å². The molecule has 2 aromatic rings. The lowest BCUT2D eigenvalue weighted by Gasteiger charge is -1.85. The lowest BCUT2D eigenvalue weighted by molar-refractivity contribution is 0.112. The number of carbonyl (C=O) groups excluding carboxylic acids is 1. The zero-order valence-electron chi connectivity index (χ0n) is 6.36. The Kier molecular flexibility index (Phi) is 2.28. The minimum atomic E-state index is 0.600. The second kappa shape index (κ2) is 3.43. The molecule has 0 fully saturated rings. The first-order chi connectivity index (χ1) is 6.29. The zero-order chi connectivity index (χ0) is 9.26. The number of furan rings is 1. The largest absolute Gasteiger partial charge is 0.447 e. The van der Waals surface area contributed by atoms with Crippen LogP contribution in [0, 0.1) is 0 Å². The molecule has 2 rings (SSSR count). The van der Waals surface area contributed by atoms with E-state index in [-0.39, 0.29) is 0 Å². The van der Waals surface area contributed by atoms with Crippen LogP contribution in [0.1, 0.15) is 9.67 Å². The van der Waals surface area contributed by atoms with Gasteiger partial charge in [0.15, 0.2) is 21.7 Å². The van der Waals surface area contributed by atoms with E-state index < -0.39 is 0 Å². The predicted molar refractivity (Wildman–Crippen MR) is 52.9 cm³/mol. The molecule has 2 aromatic heterocycles. The van der Waals surface area contributed by atoms with Gasteiger partial charge in [-0.15, -0.1) is 11.3 Å². The molecule has 0 saturated heterocycles. The molecule has 0 bridgehead atoms. The SMILES string of the molecule is O=Cc1cnc(-c2ccc(Br)o2)s1. The van der Waals surface area contributed by atoms with Crippen molar-refractivity contribution in [1.29, 1.82) is 0 Å². The molecule has 0 amide bonds. The smallest absolute Gasteiger partial charge is 0.170 e. The molecule has 0 saturated carbocycles. The first-order valence-electron chi connectivity index (χ1n) is 3.46. The van der Waals surface area contributed by atoms with Crippen molar-refractivity contribution in [2.45, 2.75) is 0 Å². The summed E-state index contributed by atoms with van der Waals surface area (Å²) in [5.41, 5.74) is 0. The number of carbonyl (C=O) groups is 1. The molecular formula is C8H4BrNO2S. The van der Waals surface area contributed by atoms with Crippen LogP contribution < -0.4 is 0 Å². The van der Waals surface area contributed by atoms with Gasteiger partial charge in [0.2, 0.25) is 0 Å². The van der Waals surface area contributed by atoms with Gasteiger partial charge < -0.3 is 4.42 Å². The third kappa shape index (κ3) is 1.71. The Morgan fingerprint density at radius 3 is 2.92 bits per heavy atom. The Morgan fingerprint density at radius 2 is 2.38 bits per heavy atom. The Balaban J connectivity index is 2.40. The van der Waals surface area contributed by atoms with Gasteiger partial charge in [-0.2, -0.15) is 0 Å². The van der Waals surface area contributed by atoms with Crippen LogP contribution >= 0.6 is 27.3 Å². The number of aromatic nitrogens is 1. The molecule has 0 aliphatic carbocycles. The van der Waals surface area contributed by atoms with E-state index >= 15 is 0 Å².